The highest BCUT2D eigenvalue weighted by atomic mass is 16.5. The van der Waals surface area contributed by atoms with E-state index in [1.165, 1.54) is 13.8 Å². The van der Waals surface area contributed by atoms with E-state index in [0.717, 1.165) is 4.90 Å². The van der Waals surface area contributed by atoms with Gasteiger partial charge >= 0.3 is 5.97 Å². The van der Waals surface area contributed by atoms with Crippen LogP contribution in [0.3, 0.4) is 0 Å². The Morgan fingerprint density at radius 3 is 2.28 bits per heavy atom. The fraction of sp³-hybridized carbons (Fsp3) is 0.381. The molecule has 1 saturated heterocycles. The van der Waals surface area contributed by atoms with Crippen LogP contribution in [0.15, 0.2) is 36.4 Å². The summed E-state index contributed by atoms with van der Waals surface area (Å²) in [6, 6.07) is 5.36. The molecule has 3 amide bonds. The molecule has 1 aliphatic heterocycles. The number of hydrogen-bond donors (Lipinski definition) is 1. The molecule has 1 aromatic rings. The maximum Gasteiger partial charge on any atom is 0.329 e. The van der Waals surface area contributed by atoms with Crippen LogP contribution in [-0.4, -0.2) is 47.0 Å². The highest BCUT2D eigenvalue weighted by Crippen LogP contribution is 2.36. The minimum Gasteiger partial charge on any atom is -0.454 e. The number of rotatable bonds is 6. The zero-order chi connectivity index (χ0) is 21.1. The summed E-state index contributed by atoms with van der Waals surface area (Å²) < 4.78 is 5.00. The predicted molar refractivity (Wildman–Crippen MR) is 103 cm³/mol. The number of ether oxygens (including phenoxy) is 1. The molecule has 0 spiro atoms. The number of amides is 3. The third-order valence-electron chi connectivity index (χ3n) is 5.20. The van der Waals surface area contributed by atoms with Crippen molar-refractivity contribution in [2.24, 2.45) is 11.8 Å². The van der Waals surface area contributed by atoms with Crippen molar-refractivity contribution in [3.63, 3.8) is 0 Å². The van der Waals surface area contributed by atoms with Crippen molar-refractivity contribution in [3.05, 3.63) is 42.0 Å². The Labute approximate surface area is 167 Å². The average molecular weight is 398 g/mol. The third-order valence-corrected chi connectivity index (χ3v) is 5.20. The van der Waals surface area contributed by atoms with Gasteiger partial charge in [-0.05, 0) is 38.8 Å². The zero-order valence-electron chi connectivity index (χ0n) is 16.2. The van der Waals surface area contributed by atoms with Gasteiger partial charge in [0.05, 0.1) is 17.5 Å². The maximum absolute atomic E-state index is 12.5. The summed E-state index contributed by atoms with van der Waals surface area (Å²) >= 11 is 0. The SMILES string of the molecule is CC(=O)c1ccccc1NC(=O)COC(=O)[C@H](C)N1C(=O)[C@H]2CC=CC[C@@H]2C1=O. The van der Waals surface area contributed by atoms with Gasteiger partial charge < -0.3 is 10.1 Å². The summed E-state index contributed by atoms with van der Waals surface area (Å²) in [5.74, 6) is -3.32. The molecule has 0 bridgehead atoms. The van der Waals surface area contributed by atoms with Crippen LogP contribution in [0.5, 0.6) is 0 Å². The number of fused-ring (bicyclic) bond motifs is 1. The Morgan fingerprint density at radius 2 is 1.69 bits per heavy atom. The number of carbonyl (C=O) groups is 5. The van der Waals surface area contributed by atoms with Crippen molar-refractivity contribution in [1.29, 1.82) is 0 Å². The van der Waals surface area contributed by atoms with E-state index < -0.39 is 36.4 Å². The second kappa shape index (κ2) is 8.38. The Morgan fingerprint density at radius 1 is 1.10 bits per heavy atom. The molecule has 1 heterocycles. The number of likely N-dealkylation sites (tertiary alicyclic amines) is 1. The topological polar surface area (TPSA) is 110 Å². The molecule has 3 atom stereocenters. The number of para-hydroxylation sites is 1. The van der Waals surface area contributed by atoms with Crippen molar-refractivity contribution < 1.29 is 28.7 Å². The quantitative estimate of drug-likeness (QED) is 0.338. The van der Waals surface area contributed by atoms with Gasteiger partial charge in [0, 0.05) is 5.56 Å². The Balaban J connectivity index is 1.58. The molecule has 0 radical (unpaired) electrons. The molecule has 0 saturated carbocycles. The van der Waals surface area contributed by atoms with E-state index in [1.54, 1.807) is 24.3 Å². The minimum atomic E-state index is -1.11. The van der Waals surface area contributed by atoms with Crippen LogP contribution in [0.25, 0.3) is 0 Å². The van der Waals surface area contributed by atoms with Crippen LogP contribution in [0.1, 0.15) is 37.0 Å². The van der Waals surface area contributed by atoms with E-state index in [9.17, 15) is 24.0 Å². The van der Waals surface area contributed by atoms with E-state index in [4.69, 9.17) is 4.74 Å². The fourth-order valence-electron chi connectivity index (χ4n) is 3.66. The first kappa shape index (κ1) is 20.4. The molecule has 3 rings (SSSR count). The van der Waals surface area contributed by atoms with E-state index in [2.05, 4.69) is 5.32 Å². The van der Waals surface area contributed by atoms with Gasteiger partial charge in [-0.25, -0.2) is 4.79 Å². The number of ketones is 1. The summed E-state index contributed by atoms with van der Waals surface area (Å²) in [6.07, 6.45) is 4.68. The fourth-order valence-corrected chi connectivity index (χ4v) is 3.66. The molecule has 0 unspecified atom stereocenters. The molecule has 8 heteroatoms. The smallest absolute Gasteiger partial charge is 0.329 e. The molecule has 1 fully saturated rings. The standard InChI is InChI=1S/C21H22N2O6/c1-12(23-19(26)15-8-3-4-9-16(15)20(23)27)21(28)29-11-18(25)22-17-10-6-5-7-14(17)13(2)24/h3-7,10,12,15-16H,8-9,11H2,1-2H3,(H,22,25)/t12-,15-,16-/m0/s1. The highest BCUT2D eigenvalue weighted by molar-refractivity contribution is 6.08. The second-order valence-electron chi connectivity index (χ2n) is 7.14. The van der Waals surface area contributed by atoms with Gasteiger partial charge in [-0.15, -0.1) is 0 Å². The summed E-state index contributed by atoms with van der Waals surface area (Å²) in [6.45, 7) is 2.19. The lowest BCUT2D eigenvalue weighted by Gasteiger charge is -2.21. The van der Waals surface area contributed by atoms with Crippen LogP contribution in [0.4, 0.5) is 5.69 Å². The highest BCUT2D eigenvalue weighted by Gasteiger charge is 2.50. The lowest BCUT2D eigenvalue weighted by Crippen LogP contribution is -2.45. The number of allylic oxidation sites excluding steroid dienone is 2. The van der Waals surface area contributed by atoms with Gasteiger partial charge in [0.25, 0.3) is 5.91 Å². The maximum atomic E-state index is 12.5. The average Bonchev–Trinajstić information content (AvgIpc) is 2.96. The van der Waals surface area contributed by atoms with Crippen LogP contribution >= 0.6 is 0 Å². The van der Waals surface area contributed by atoms with Crippen LogP contribution in [0.2, 0.25) is 0 Å². The summed E-state index contributed by atoms with van der Waals surface area (Å²) in [5, 5.41) is 2.52. The second-order valence-corrected chi connectivity index (χ2v) is 7.14. The molecular weight excluding hydrogens is 376 g/mol. The largest absolute Gasteiger partial charge is 0.454 e. The zero-order valence-corrected chi connectivity index (χ0v) is 16.2. The number of anilines is 1. The van der Waals surface area contributed by atoms with E-state index in [1.807, 2.05) is 12.2 Å². The molecule has 152 valence electrons. The van der Waals surface area contributed by atoms with Gasteiger partial charge in [0.1, 0.15) is 6.04 Å². The first-order valence-electron chi connectivity index (χ1n) is 9.39. The molecule has 2 aliphatic rings. The molecule has 8 nitrogen and oxygen atoms in total. The minimum absolute atomic E-state index is 0.214. The Hall–Kier alpha value is -3.29. The summed E-state index contributed by atoms with van der Waals surface area (Å²) in [4.78, 5) is 62.1. The third kappa shape index (κ3) is 4.11. The normalized spacial score (nSPS) is 21.5. The molecule has 1 aliphatic carbocycles. The monoisotopic (exact) mass is 398 g/mol. The lowest BCUT2D eigenvalue weighted by atomic mass is 9.85. The van der Waals surface area contributed by atoms with Crippen molar-refractivity contribution in [2.45, 2.75) is 32.7 Å². The predicted octanol–water partition coefficient (Wildman–Crippen LogP) is 1.71. The molecule has 1 aromatic carbocycles. The van der Waals surface area contributed by atoms with E-state index >= 15 is 0 Å². The number of nitrogens with zero attached hydrogens (tertiary/aromatic N) is 1. The number of Topliss-reactive ketones (excluding diaryl/α,β-unsaturated/α-hetero) is 1. The number of hydrogen-bond acceptors (Lipinski definition) is 6. The van der Waals surface area contributed by atoms with Crippen LogP contribution in [-0.2, 0) is 23.9 Å². The number of benzene rings is 1. The number of nitrogens with one attached hydrogen (secondary N) is 1. The Bertz CT molecular complexity index is 880. The van der Waals surface area contributed by atoms with Crippen molar-refractivity contribution >= 4 is 35.2 Å². The van der Waals surface area contributed by atoms with Gasteiger partial charge in [0.2, 0.25) is 11.8 Å². The molecular formula is C21H22N2O6. The lowest BCUT2D eigenvalue weighted by molar-refractivity contribution is -0.159. The van der Waals surface area contributed by atoms with Crippen LogP contribution < -0.4 is 5.32 Å². The van der Waals surface area contributed by atoms with Gasteiger partial charge in [0.15, 0.2) is 12.4 Å². The first-order valence-corrected chi connectivity index (χ1v) is 9.39. The molecule has 29 heavy (non-hydrogen) atoms. The Kier molecular flexibility index (Phi) is 5.91. The first-order chi connectivity index (χ1) is 13.8. The number of imide groups is 1. The van der Waals surface area contributed by atoms with E-state index in [0.29, 0.717) is 24.1 Å². The summed E-state index contributed by atoms with van der Waals surface area (Å²) in [7, 11) is 0. The van der Waals surface area contributed by atoms with Crippen molar-refractivity contribution in [2.75, 3.05) is 11.9 Å². The van der Waals surface area contributed by atoms with Gasteiger partial charge in [-0.1, -0.05) is 24.3 Å². The molecule has 0 aromatic heterocycles. The molecule has 1 N–H and O–H groups in total. The van der Waals surface area contributed by atoms with Crippen molar-refractivity contribution in [3.8, 4) is 0 Å². The van der Waals surface area contributed by atoms with Crippen LogP contribution in [0, 0.1) is 11.8 Å². The summed E-state index contributed by atoms with van der Waals surface area (Å²) in [5.41, 5.74) is 0.653. The van der Waals surface area contributed by atoms with Crippen molar-refractivity contribution in [1.82, 2.24) is 4.90 Å². The van der Waals surface area contributed by atoms with Gasteiger partial charge in [-0.3, -0.25) is 24.1 Å². The number of esters is 1. The van der Waals surface area contributed by atoms with Gasteiger partial charge in [-0.2, -0.15) is 0 Å². The van der Waals surface area contributed by atoms with E-state index in [-0.39, 0.29) is 17.6 Å². The number of carbonyl (C=O) groups excluding carboxylic acids is 5.